The van der Waals surface area contributed by atoms with Crippen molar-refractivity contribution in [2.75, 3.05) is 0 Å². The third-order valence-corrected chi connectivity index (χ3v) is 4.42. The lowest BCUT2D eigenvalue weighted by atomic mass is 10.1. The Morgan fingerprint density at radius 2 is 2.00 bits per heavy atom. The van der Waals surface area contributed by atoms with Gasteiger partial charge in [0.05, 0.1) is 17.8 Å². The summed E-state index contributed by atoms with van der Waals surface area (Å²) in [6.07, 6.45) is 0.0245. The summed E-state index contributed by atoms with van der Waals surface area (Å²) in [5, 5.41) is 9.10. The monoisotopic (exact) mass is 286 g/mol. The summed E-state index contributed by atoms with van der Waals surface area (Å²) >= 11 is 1.45. The quantitative estimate of drug-likeness (QED) is 0.803. The molecule has 102 valence electrons. The molecule has 0 fully saturated rings. The number of benzene rings is 1. The number of carbonyl (C=O) groups is 1. The molecule has 2 heterocycles. The Morgan fingerprint density at radius 1 is 1.30 bits per heavy atom. The van der Waals surface area contributed by atoms with E-state index in [1.54, 1.807) is 0 Å². The fourth-order valence-electron chi connectivity index (χ4n) is 2.34. The smallest absolute Gasteiger partial charge is 0.308 e. The minimum Gasteiger partial charge on any atom is -0.481 e. The highest BCUT2D eigenvalue weighted by molar-refractivity contribution is 7.17. The van der Waals surface area contributed by atoms with Crippen LogP contribution in [0.3, 0.4) is 0 Å². The van der Waals surface area contributed by atoms with Gasteiger partial charge in [0.25, 0.3) is 0 Å². The number of fused-ring (bicyclic) bond motifs is 1. The molecule has 0 saturated heterocycles. The van der Waals surface area contributed by atoms with Gasteiger partial charge in [0.15, 0.2) is 4.96 Å². The molecule has 0 saturated carbocycles. The summed E-state index contributed by atoms with van der Waals surface area (Å²) in [5.41, 5.74) is 4.02. The van der Waals surface area contributed by atoms with Crippen LogP contribution in [0, 0.1) is 13.8 Å². The minimum absolute atomic E-state index is 0.0245. The zero-order valence-electron chi connectivity index (χ0n) is 11.3. The number of rotatable bonds is 3. The molecular weight excluding hydrogens is 272 g/mol. The average molecular weight is 286 g/mol. The van der Waals surface area contributed by atoms with Crippen molar-refractivity contribution in [1.82, 2.24) is 9.38 Å². The van der Waals surface area contributed by atoms with Crippen LogP contribution in [0.5, 0.6) is 0 Å². The zero-order chi connectivity index (χ0) is 14.3. The number of thiazole rings is 1. The van der Waals surface area contributed by atoms with Crippen LogP contribution in [-0.4, -0.2) is 20.5 Å². The molecule has 0 aliphatic heterocycles. The number of carboxylic acid groups (broad SMARTS) is 1. The Kier molecular flexibility index (Phi) is 3.06. The number of nitrogens with zero attached hydrogens (tertiary/aromatic N) is 2. The topological polar surface area (TPSA) is 54.6 Å². The standard InChI is InChI=1S/C15H14N2O2S/c1-9-10(2)17-14(11-6-4-3-5-7-11)12(8-13(18)19)20-15(17)16-9/h3-7H,8H2,1-2H3,(H,18,19). The van der Waals surface area contributed by atoms with E-state index in [2.05, 4.69) is 9.38 Å². The van der Waals surface area contributed by atoms with E-state index in [0.29, 0.717) is 0 Å². The average Bonchev–Trinajstić information content (AvgIpc) is 2.87. The van der Waals surface area contributed by atoms with Crippen LogP contribution in [0.2, 0.25) is 0 Å². The van der Waals surface area contributed by atoms with Crippen molar-refractivity contribution in [3.8, 4) is 11.3 Å². The van der Waals surface area contributed by atoms with Crippen molar-refractivity contribution in [2.24, 2.45) is 0 Å². The first kappa shape index (κ1) is 12.9. The molecular formula is C15H14N2O2S. The second-order valence-electron chi connectivity index (χ2n) is 4.71. The maximum atomic E-state index is 11.1. The molecule has 0 spiro atoms. The zero-order valence-corrected chi connectivity index (χ0v) is 12.1. The number of imidazole rings is 1. The molecule has 1 aromatic carbocycles. The van der Waals surface area contributed by atoms with Crippen molar-refractivity contribution in [3.05, 3.63) is 46.6 Å². The van der Waals surface area contributed by atoms with E-state index < -0.39 is 5.97 Å². The Morgan fingerprint density at radius 3 is 2.65 bits per heavy atom. The molecule has 5 heteroatoms. The number of hydrogen-bond donors (Lipinski definition) is 1. The first-order valence-corrected chi connectivity index (χ1v) is 7.14. The van der Waals surface area contributed by atoms with Crippen molar-refractivity contribution in [2.45, 2.75) is 20.3 Å². The van der Waals surface area contributed by atoms with E-state index in [-0.39, 0.29) is 6.42 Å². The lowest BCUT2D eigenvalue weighted by Crippen LogP contribution is -2.01. The molecule has 1 N–H and O–H groups in total. The van der Waals surface area contributed by atoms with Gasteiger partial charge in [-0.25, -0.2) is 4.98 Å². The second-order valence-corrected chi connectivity index (χ2v) is 5.77. The van der Waals surface area contributed by atoms with Gasteiger partial charge < -0.3 is 5.11 Å². The highest BCUT2D eigenvalue weighted by atomic mass is 32.1. The van der Waals surface area contributed by atoms with E-state index in [4.69, 9.17) is 5.11 Å². The van der Waals surface area contributed by atoms with Crippen LogP contribution in [0.4, 0.5) is 0 Å². The molecule has 0 amide bonds. The van der Waals surface area contributed by atoms with Gasteiger partial charge in [-0.2, -0.15) is 0 Å². The van der Waals surface area contributed by atoms with Crippen LogP contribution < -0.4 is 0 Å². The van der Waals surface area contributed by atoms with E-state index in [1.165, 1.54) is 11.3 Å². The van der Waals surface area contributed by atoms with Gasteiger partial charge in [-0.1, -0.05) is 30.3 Å². The third kappa shape index (κ3) is 2.00. The molecule has 0 aliphatic rings. The Balaban J connectivity index is 2.32. The predicted octanol–water partition coefficient (Wildman–Crippen LogP) is 3.31. The maximum Gasteiger partial charge on any atom is 0.308 e. The van der Waals surface area contributed by atoms with Crippen LogP contribution in [-0.2, 0) is 11.2 Å². The number of hydrogen-bond acceptors (Lipinski definition) is 3. The summed E-state index contributed by atoms with van der Waals surface area (Å²) in [7, 11) is 0. The van der Waals surface area contributed by atoms with Crippen molar-refractivity contribution in [3.63, 3.8) is 0 Å². The Hall–Kier alpha value is -2.14. The summed E-state index contributed by atoms with van der Waals surface area (Å²) < 4.78 is 2.06. The lowest BCUT2D eigenvalue weighted by Gasteiger charge is -2.05. The fraction of sp³-hybridized carbons (Fsp3) is 0.200. The SMILES string of the molecule is Cc1nc2sc(CC(=O)O)c(-c3ccccc3)n2c1C. The molecule has 0 radical (unpaired) electrons. The van der Waals surface area contributed by atoms with Gasteiger partial charge in [0, 0.05) is 10.6 Å². The number of aryl methyl sites for hydroxylation is 2. The molecule has 20 heavy (non-hydrogen) atoms. The van der Waals surface area contributed by atoms with Crippen LogP contribution in [0.15, 0.2) is 30.3 Å². The molecule has 2 aromatic heterocycles. The summed E-state index contributed by atoms with van der Waals surface area (Å²) in [4.78, 5) is 17.3. The number of aromatic nitrogens is 2. The molecule has 0 bridgehead atoms. The van der Waals surface area contributed by atoms with E-state index in [1.807, 2.05) is 44.2 Å². The normalized spacial score (nSPS) is 11.1. The van der Waals surface area contributed by atoms with Gasteiger partial charge in [-0.15, -0.1) is 11.3 Å². The van der Waals surface area contributed by atoms with E-state index in [0.717, 1.165) is 32.5 Å². The predicted molar refractivity (Wildman–Crippen MR) is 79.3 cm³/mol. The summed E-state index contributed by atoms with van der Waals surface area (Å²) in [6, 6.07) is 9.88. The molecule has 4 nitrogen and oxygen atoms in total. The molecule has 3 rings (SSSR count). The van der Waals surface area contributed by atoms with Crippen LogP contribution in [0.1, 0.15) is 16.3 Å². The van der Waals surface area contributed by atoms with Crippen LogP contribution in [0.25, 0.3) is 16.2 Å². The van der Waals surface area contributed by atoms with Gasteiger partial charge >= 0.3 is 5.97 Å². The summed E-state index contributed by atoms with van der Waals surface area (Å²) in [6.45, 7) is 3.99. The molecule has 0 unspecified atom stereocenters. The number of carboxylic acids is 1. The van der Waals surface area contributed by atoms with Crippen molar-refractivity contribution in [1.29, 1.82) is 0 Å². The highest BCUT2D eigenvalue weighted by Gasteiger charge is 2.19. The first-order valence-electron chi connectivity index (χ1n) is 6.32. The lowest BCUT2D eigenvalue weighted by molar-refractivity contribution is -0.136. The van der Waals surface area contributed by atoms with Gasteiger partial charge in [-0.05, 0) is 19.4 Å². The third-order valence-electron chi connectivity index (χ3n) is 3.37. The highest BCUT2D eigenvalue weighted by Crippen LogP contribution is 2.34. The van der Waals surface area contributed by atoms with E-state index in [9.17, 15) is 4.79 Å². The van der Waals surface area contributed by atoms with E-state index >= 15 is 0 Å². The molecule has 0 aliphatic carbocycles. The Bertz CT molecular complexity index is 787. The second kappa shape index (κ2) is 4.76. The maximum absolute atomic E-state index is 11.1. The first-order chi connectivity index (χ1) is 9.58. The van der Waals surface area contributed by atoms with Gasteiger partial charge in [-0.3, -0.25) is 9.20 Å². The summed E-state index contributed by atoms with van der Waals surface area (Å²) in [5.74, 6) is -0.818. The van der Waals surface area contributed by atoms with Crippen molar-refractivity contribution < 1.29 is 9.90 Å². The fourth-order valence-corrected chi connectivity index (χ4v) is 3.56. The van der Waals surface area contributed by atoms with Gasteiger partial charge in [0.2, 0.25) is 0 Å². The minimum atomic E-state index is -0.818. The molecule has 0 atom stereocenters. The van der Waals surface area contributed by atoms with Crippen molar-refractivity contribution >= 4 is 22.3 Å². The Labute approximate surface area is 120 Å². The van der Waals surface area contributed by atoms with Crippen LogP contribution >= 0.6 is 11.3 Å². The number of aliphatic carboxylic acids is 1. The van der Waals surface area contributed by atoms with Gasteiger partial charge in [0.1, 0.15) is 0 Å². The largest absolute Gasteiger partial charge is 0.481 e. The molecule has 3 aromatic rings.